The Balaban J connectivity index is 2.77. The maximum Gasteiger partial charge on any atom is 0.151 e. The summed E-state index contributed by atoms with van der Waals surface area (Å²) in [5.74, 6) is -0.816. The molecule has 0 aliphatic carbocycles. The van der Waals surface area contributed by atoms with E-state index in [2.05, 4.69) is 30.9 Å². The highest BCUT2D eigenvalue weighted by molar-refractivity contribution is 9.10. The van der Waals surface area contributed by atoms with Crippen LogP contribution in [-0.4, -0.2) is 36.3 Å². The van der Waals surface area contributed by atoms with Crippen molar-refractivity contribution in [3.8, 4) is 0 Å². The maximum absolute atomic E-state index is 7.84. The Morgan fingerprint density at radius 3 is 3.00 bits per heavy atom. The van der Waals surface area contributed by atoms with Crippen LogP contribution in [0, 0.1) is 0 Å². The number of halogens is 1. The van der Waals surface area contributed by atoms with Crippen LogP contribution in [0.25, 0.3) is 0 Å². The lowest BCUT2D eigenvalue weighted by molar-refractivity contribution is 0.122. The van der Waals surface area contributed by atoms with Gasteiger partial charge in [-0.2, -0.15) is 0 Å². The van der Waals surface area contributed by atoms with Crippen LogP contribution in [-0.2, 0) is 4.74 Å². The van der Waals surface area contributed by atoms with Gasteiger partial charge in [0.05, 0.1) is 26.8 Å². The topological polar surface area (TPSA) is 38.2 Å². The third-order valence-electron chi connectivity index (χ3n) is 1.14. The van der Waals surface area contributed by atoms with Gasteiger partial charge in [0.1, 0.15) is 4.60 Å². The summed E-state index contributed by atoms with van der Waals surface area (Å²) < 4.78 is 81.2. The summed E-state index contributed by atoms with van der Waals surface area (Å²) in [5.41, 5.74) is 0. The number of hydrogen-bond acceptors (Lipinski definition) is 4. The summed E-state index contributed by atoms with van der Waals surface area (Å²) in [7, 11) is 0. The van der Waals surface area contributed by atoms with Gasteiger partial charge in [0.25, 0.3) is 0 Å². The van der Waals surface area contributed by atoms with Crippen LogP contribution in [0.4, 0.5) is 5.82 Å². The Morgan fingerprint density at radius 2 is 2.23 bits per heavy atom. The van der Waals surface area contributed by atoms with Crippen molar-refractivity contribution in [1.29, 1.82) is 0 Å². The van der Waals surface area contributed by atoms with Crippen LogP contribution in [0.5, 0.6) is 0 Å². The maximum atomic E-state index is 7.84. The Hall–Kier alpha value is -0.680. The van der Waals surface area contributed by atoms with Gasteiger partial charge in [0.15, 0.2) is 5.82 Å². The lowest BCUT2D eigenvalue weighted by atomic mass is 10.4. The van der Waals surface area contributed by atoms with Crippen LogP contribution in [0.15, 0.2) is 16.7 Å². The molecule has 13 heavy (non-hydrogen) atoms. The highest BCUT2D eigenvalue weighted by atomic mass is 79.9. The molecule has 2 rings (SSSR count). The summed E-state index contributed by atoms with van der Waals surface area (Å²) in [5, 5.41) is 6.88. The van der Waals surface area contributed by atoms with Gasteiger partial charge in [-0.25, -0.2) is 0 Å². The molecule has 0 unspecified atom stereocenters. The van der Waals surface area contributed by atoms with E-state index in [0.29, 0.717) is 0 Å². The van der Waals surface area contributed by atoms with Gasteiger partial charge in [-0.05, 0) is 28.0 Å². The highest BCUT2D eigenvalue weighted by Crippen LogP contribution is 2.13. The fourth-order valence-electron chi connectivity index (χ4n) is 0.646. The molecule has 0 spiro atoms. The van der Waals surface area contributed by atoms with Crippen LogP contribution >= 0.6 is 15.9 Å². The van der Waals surface area contributed by atoms with Gasteiger partial charge < -0.3 is 9.64 Å². The van der Waals surface area contributed by atoms with Crippen molar-refractivity contribution in [1.82, 2.24) is 10.2 Å². The summed E-state index contributed by atoms with van der Waals surface area (Å²) in [4.78, 5) is 0.0172. The summed E-state index contributed by atoms with van der Waals surface area (Å²) in [6, 6.07) is -1.28. The van der Waals surface area contributed by atoms with E-state index in [4.69, 9.17) is 13.7 Å². The molecule has 0 radical (unpaired) electrons. The van der Waals surface area contributed by atoms with E-state index in [9.17, 15) is 0 Å². The van der Waals surface area contributed by atoms with E-state index in [0.717, 1.165) is 0 Å². The standard InChI is InChI=1S/C8H10BrN3O/c9-7-1-2-8(11-10-7)12-3-5-13-6-4-12/h1-2H,3-6H2/i1D,2D,3D2,4D2,5D2,6D2. The number of aromatic nitrogens is 2. The summed E-state index contributed by atoms with van der Waals surface area (Å²) in [6.07, 6.45) is 0. The molecular weight excluding hydrogens is 234 g/mol. The Bertz CT molecular complexity index is 627. The molecule has 1 fully saturated rings. The molecule has 0 bridgehead atoms. The average molecular weight is 254 g/mol. The molecule has 1 aliphatic rings. The van der Waals surface area contributed by atoms with E-state index < -0.39 is 44.0 Å². The van der Waals surface area contributed by atoms with Crippen molar-refractivity contribution in [2.24, 2.45) is 0 Å². The molecule has 1 saturated heterocycles. The lowest BCUT2D eigenvalue weighted by Crippen LogP contribution is -2.36. The lowest BCUT2D eigenvalue weighted by Gasteiger charge is -2.27. The zero-order valence-electron chi connectivity index (χ0n) is 16.1. The minimum Gasteiger partial charge on any atom is -0.378 e. The molecule has 1 aromatic rings. The number of morpholine rings is 1. The molecule has 5 heteroatoms. The van der Waals surface area contributed by atoms with E-state index in [1.165, 1.54) is 0 Å². The predicted molar refractivity (Wildman–Crippen MR) is 52.8 cm³/mol. The van der Waals surface area contributed by atoms with Crippen LogP contribution in [0.2, 0.25) is 0 Å². The third-order valence-corrected chi connectivity index (χ3v) is 1.50. The van der Waals surface area contributed by atoms with Gasteiger partial charge >= 0.3 is 0 Å². The van der Waals surface area contributed by atoms with Crippen molar-refractivity contribution in [3.63, 3.8) is 0 Å². The number of anilines is 1. The first-order valence-electron chi connectivity index (χ1n) is 8.17. The number of hydrogen-bond donors (Lipinski definition) is 0. The smallest absolute Gasteiger partial charge is 0.151 e. The van der Waals surface area contributed by atoms with E-state index in [1.807, 2.05) is 0 Å². The number of nitrogens with zero attached hydrogens (tertiary/aromatic N) is 3. The van der Waals surface area contributed by atoms with E-state index in [-0.39, 0.29) is 9.50 Å². The zero-order chi connectivity index (χ0) is 18.0. The van der Waals surface area contributed by atoms with Crippen molar-refractivity contribution in [3.05, 3.63) is 16.7 Å². The van der Waals surface area contributed by atoms with Gasteiger partial charge in [0, 0.05) is 13.0 Å². The average Bonchev–Trinajstić information content (AvgIpc) is 2.36. The molecule has 2 heterocycles. The first kappa shape index (κ1) is 2.90. The molecule has 70 valence electrons. The minimum absolute atomic E-state index is 0.0172. The quantitative estimate of drug-likeness (QED) is 0.751. The largest absolute Gasteiger partial charge is 0.378 e. The predicted octanol–water partition coefficient (Wildman–Crippen LogP) is 1.08. The second-order valence-corrected chi connectivity index (χ2v) is 2.68. The van der Waals surface area contributed by atoms with Crippen molar-refractivity contribution in [2.45, 2.75) is 0 Å². The third kappa shape index (κ3) is 2.16. The first-order valence-corrected chi connectivity index (χ1v) is 3.96. The number of ether oxygens (including phenoxy) is 1. The molecule has 1 aromatic heterocycles. The molecular formula is C8H10BrN3O. The second-order valence-electron chi connectivity index (χ2n) is 1.93. The van der Waals surface area contributed by atoms with Gasteiger partial charge in [-0.3, -0.25) is 0 Å². The molecule has 0 saturated carbocycles. The monoisotopic (exact) mass is 253 g/mol. The summed E-state index contributed by atoms with van der Waals surface area (Å²) >= 11 is 2.85. The number of rotatable bonds is 1. The van der Waals surface area contributed by atoms with E-state index in [1.54, 1.807) is 0 Å². The molecule has 0 amide bonds. The van der Waals surface area contributed by atoms with Crippen molar-refractivity contribution < 1.29 is 18.4 Å². The Morgan fingerprint density at radius 1 is 1.46 bits per heavy atom. The highest BCUT2D eigenvalue weighted by Gasteiger charge is 2.11. The molecule has 4 nitrogen and oxygen atoms in total. The Kier molecular flexibility index (Phi) is 0.897. The molecule has 1 aliphatic heterocycles. The van der Waals surface area contributed by atoms with E-state index >= 15 is 0 Å². The molecule has 0 aromatic carbocycles. The van der Waals surface area contributed by atoms with Crippen LogP contribution in [0.1, 0.15) is 13.7 Å². The van der Waals surface area contributed by atoms with Crippen LogP contribution in [0.3, 0.4) is 0 Å². The normalized spacial score (nSPS) is 44.2. The summed E-state index contributed by atoms with van der Waals surface area (Å²) in [6.45, 7) is -13.0. The zero-order valence-corrected chi connectivity index (χ0v) is 7.71. The Labute approximate surface area is 99.1 Å². The van der Waals surface area contributed by atoms with Crippen LogP contribution < -0.4 is 4.90 Å². The van der Waals surface area contributed by atoms with Gasteiger partial charge in [0.2, 0.25) is 0 Å². The molecule has 0 atom stereocenters. The minimum atomic E-state index is -3.26. The fourth-order valence-corrected chi connectivity index (χ4v) is 0.824. The van der Waals surface area contributed by atoms with Gasteiger partial charge in [-0.1, -0.05) is 0 Å². The SMILES string of the molecule is [2H]c1c(Br)nnc(N2C([2H])([2H])C([2H])([2H])OC([2H])([2H])C2([2H])[2H])c1[2H]. The molecule has 0 N–H and O–H groups in total. The van der Waals surface area contributed by atoms with Crippen molar-refractivity contribution in [2.75, 3.05) is 31.0 Å². The first-order chi connectivity index (χ1) is 10.2. The second kappa shape index (κ2) is 4.02. The van der Waals surface area contributed by atoms with Gasteiger partial charge in [-0.15, -0.1) is 10.2 Å². The van der Waals surface area contributed by atoms with Crippen molar-refractivity contribution >= 4 is 21.7 Å². The fraction of sp³-hybridized carbons (Fsp3) is 0.500.